The fourth-order valence-corrected chi connectivity index (χ4v) is 3.89. The molecule has 5 nitrogen and oxygen atoms in total. The molecule has 3 amide bonds. The molecule has 0 fully saturated rings. The summed E-state index contributed by atoms with van der Waals surface area (Å²) in [5.41, 5.74) is 11.8. The second-order valence-corrected chi connectivity index (χ2v) is 6.14. The SMILES string of the molecule is CSC1=C(c2cc(C(N)=O)c(NC(N)=O)s2)C=CCC1. The lowest BCUT2D eigenvalue weighted by atomic mass is 10.0. The van der Waals surface area contributed by atoms with Gasteiger partial charge < -0.3 is 11.5 Å². The number of thioether (sulfide) groups is 1. The van der Waals surface area contributed by atoms with Crippen molar-refractivity contribution in [2.24, 2.45) is 11.5 Å². The Morgan fingerprint density at radius 2 is 2.15 bits per heavy atom. The molecule has 1 heterocycles. The van der Waals surface area contributed by atoms with Gasteiger partial charge in [-0.25, -0.2) is 4.79 Å². The van der Waals surface area contributed by atoms with E-state index in [1.165, 1.54) is 16.2 Å². The van der Waals surface area contributed by atoms with Gasteiger partial charge in [0.1, 0.15) is 5.00 Å². The maximum Gasteiger partial charge on any atom is 0.317 e. The highest BCUT2D eigenvalue weighted by atomic mass is 32.2. The van der Waals surface area contributed by atoms with Crippen LogP contribution < -0.4 is 16.8 Å². The number of nitrogens with one attached hydrogen (secondary N) is 1. The number of nitrogens with two attached hydrogens (primary N) is 2. The van der Waals surface area contributed by atoms with Gasteiger partial charge in [-0.1, -0.05) is 12.2 Å². The van der Waals surface area contributed by atoms with Crippen LogP contribution in [0.2, 0.25) is 0 Å². The minimum Gasteiger partial charge on any atom is -0.366 e. The molecular weight excluding hydrogens is 294 g/mol. The van der Waals surface area contributed by atoms with Crippen molar-refractivity contribution in [2.45, 2.75) is 12.8 Å². The first-order valence-corrected chi connectivity index (χ1v) is 8.01. The number of allylic oxidation sites excluding steroid dienone is 4. The Morgan fingerprint density at radius 1 is 1.40 bits per heavy atom. The van der Waals surface area contributed by atoms with Crippen LogP contribution in [0.5, 0.6) is 0 Å². The Morgan fingerprint density at radius 3 is 2.75 bits per heavy atom. The van der Waals surface area contributed by atoms with Crippen molar-refractivity contribution in [2.75, 3.05) is 11.6 Å². The van der Waals surface area contributed by atoms with E-state index in [1.54, 1.807) is 17.8 Å². The van der Waals surface area contributed by atoms with E-state index in [1.807, 2.05) is 12.3 Å². The highest BCUT2D eigenvalue weighted by Crippen LogP contribution is 2.39. The fraction of sp³-hybridized carbons (Fsp3) is 0.231. The molecule has 0 radical (unpaired) electrons. The molecule has 0 saturated heterocycles. The van der Waals surface area contributed by atoms with Gasteiger partial charge in [0.2, 0.25) is 0 Å². The number of carbonyl (C=O) groups is 2. The number of hydrogen-bond acceptors (Lipinski definition) is 4. The number of primary amides is 2. The summed E-state index contributed by atoms with van der Waals surface area (Å²) >= 11 is 3.00. The number of rotatable bonds is 4. The molecule has 2 rings (SSSR count). The Bertz CT molecular complexity index is 617. The van der Waals surface area contributed by atoms with Crippen molar-refractivity contribution < 1.29 is 9.59 Å². The van der Waals surface area contributed by atoms with Crippen LogP contribution in [0.3, 0.4) is 0 Å². The number of carbonyl (C=O) groups excluding carboxylic acids is 2. The van der Waals surface area contributed by atoms with Crippen LogP contribution in [-0.2, 0) is 0 Å². The van der Waals surface area contributed by atoms with Crippen LogP contribution in [0.1, 0.15) is 28.1 Å². The lowest BCUT2D eigenvalue weighted by Crippen LogP contribution is -2.21. The summed E-state index contributed by atoms with van der Waals surface area (Å²) in [5.74, 6) is -0.581. The third kappa shape index (κ3) is 3.05. The molecule has 1 aromatic heterocycles. The van der Waals surface area contributed by atoms with Gasteiger partial charge in [-0.15, -0.1) is 23.1 Å². The average molecular weight is 309 g/mol. The zero-order valence-corrected chi connectivity index (χ0v) is 12.6. The second-order valence-electron chi connectivity index (χ2n) is 4.19. The summed E-state index contributed by atoms with van der Waals surface area (Å²) in [5, 5.41) is 2.85. The predicted octanol–water partition coefficient (Wildman–Crippen LogP) is 2.76. The lowest BCUT2D eigenvalue weighted by molar-refractivity contribution is 0.100. The molecule has 5 N–H and O–H groups in total. The highest BCUT2D eigenvalue weighted by molar-refractivity contribution is 8.02. The van der Waals surface area contributed by atoms with Gasteiger partial charge in [-0.2, -0.15) is 0 Å². The first-order chi connectivity index (χ1) is 9.52. The van der Waals surface area contributed by atoms with Crippen LogP contribution in [0.15, 0.2) is 23.1 Å². The van der Waals surface area contributed by atoms with E-state index in [9.17, 15) is 9.59 Å². The Labute approximate surface area is 125 Å². The van der Waals surface area contributed by atoms with E-state index in [-0.39, 0.29) is 5.56 Å². The second kappa shape index (κ2) is 6.15. The average Bonchev–Trinajstić information content (AvgIpc) is 2.81. The van der Waals surface area contributed by atoms with E-state index < -0.39 is 11.9 Å². The molecule has 0 aromatic carbocycles. The van der Waals surface area contributed by atoms with E-state index in [4.69, 9.17) is 11.5 Å². The van der Waals surface area contributed by atoms with Gasteiger partial charge in [0.15, 0.2) is 0 Å². The standard InChI is InChI=1S/C13H15N3O2S2/c1-19-9-5-3-2-4-7(9)10-6-8(11(14)17)12(20-10)16-13(15)18/h2,4,6H,3,5H2,1H3,(H2,14,17)(H3,15,16,18). The first-order valence-electron chi connectivity index (χ1n) is 5.97. The molecule has 20 heavy (non-hydrogen) atoms. The van der Waals surface area contributed by atoms with Crippen LogP contribution in [0.25, 0.3) is 5.57 Å². The van der Waals surface area contributed by atoms with Crippen LogP contribution in [0, 0.1) is 0 Å². The quantitative estimate of drug-likeness (QED) is 0.797. The number of anilines is 1. The third-order valence-corrected chi connectivity index (χ3v) is 4.87. The number of amides is 3. The number of thiophene rings is 1. The monoisotopic (exact) mass is 309 g/mol. The molecule has 7 heteroatoms. The minimum absolute atomic E-state index is 0.288. The van der Waals surface area contributed by atoms with Gasteiger partial charge >= 0.3 is 6.03 Å². The van der Waals surface area contributed by atoms with Gasteiger partial charge in [-0.3, -0.25) is 10.1 Å². The van der Waals surface area contributed by atoms with Gasteiger partial charge in [-0.05, 0) is 30.1 Å². The van der Waals surface area contributed by atoms with Crippen molar-refractivity contribution in [1.29, 1.82) is 0 Å². The minimum atomic E-state index is -0.709. The topological polar surface area (TPSA) is 98.2 Å². The Hall–Kier alpha value is -1.73. The van der Waals surface area contributed by atoms with Crippen LogP contribution in [-0.4, -0.2) is 18.2 Å². The molecule has 1 aliphatic carbocycles. The van der Waals surface area contributed by atoms with E-state index >= 15 is 0 Å². The lowest BCUT2D eigenvalue weighted by Gasteiger charge is -2.12. The van der Waals surface area contributed by atoms with E-state index in [2.05, 4.69) is 11.4 Å². The number of urea groups is 1. The zero-order valence-electron chi connectivity index (χ0n) is 10.9. The van der Waals surface area contributed by atoms with Crippen molar-refractivity contribution in [1.82, 2.24) is 0 Å². The van der Waals surface area contributed by atoms with Gasteiger partial charge in [0, 0.05) is 10.5 Å². The van der Waals surface area contributed by atoms with Crippen molar-refractivity contribution in [3.05, 3.63) is 33.6 Å². The van der Waals surface area contributed by atoms with Crippen molar-refractivity contribution in [3.63, 3.8) is 0 Å². The molecule has 0 bridgehead atoms. The summed E-state index contributed by atoms with van der Waals surface area (Å²) in [6.07, 6.45) is 8.16. The largest absolute Gasteiger partial charge is 0.366 e. The first kappa shape index (κ1) is 14.7. The highest BCUT2D eigenvalue weighted by Gasteiger charge is 2.18. The summed E-state index contributed by atoms with van der Waals surface area (Å²) in [6.45, 7) is 0. The van der Waals surface area contributed by atoms with Crippen LogP contribution in [0.4, 0.5) is 9.80 Å². The molecule has 1 aromatic rings. The maximum absolute atomic E-state index is 11.4. The smallest absolute Gasteiger partial charge is 0.317 e. The normalized spacial score (nSPS) is 14.4. The molecule has 0 saturated carbocycles. The van der Waals surface area contributed by atoms with Gasteiger partial charge in [0.25, 0.3) is 5.91 Å². The van der Waals surface area contributed by atoms with Crippen LogP contribution >= 0.6 is 23.1 Å². The number of hydrogen-bond donors (Lipinski definition) is 3. The van der Waals surface area contributed by atoms with E-state index in [0.29, 0.717) is 5.00 Å². The van der Waals surface area contributed by atoms with Crippen molar-refractivity contribution >= 4 is 45.6 Å². The molecular formula is C13H15N3O2S2. The maximum atomic E-state index is 11.4. The molecule has 0 spiro atoms. The summed E-state index contributed by atoms with van der Waals surface area (Å²) in [4.78, 5) is 24.6. The molecule has 0 aliphatic heterocycles. The van der Waals surface area contributed by atoms with Gasteiger partial charge in [0.05, 0.1) is 5.56 Å². The summed E-state index contributed by atoms with van der Waals surface area (Å²) in [6, 6.07) is 0.999. The van der Waals surface area contributed by atoms with Crippen molar-refractivity contribution in [3.8, 4) is 0 Å². The fourth-order valence-electron chi connectivity index (χ4n) is 1.99. The summed E-state index contributed by atoms with van der Waals surface area (Å²) < 4.78 is 0. The Kier molecular flexibility index (Phi) is 4.51. The van der Waals surface area contributed by atoms with E-state index in [0.717, 1.165) is 23.3 Å². The third-order valence-electron chi connectivity index (χ3n) is 2.87. The molecule has 0 unspecified atom stereocenters. The molecule has 106 valence electrons. The molecule has 0 atom stereocenters. The molecule has 1 aliphatic rings. The Balaban J connectivity index is 2.47. The predicted molar refractivity (Wildman–Crippen MR) is 84.9 cm³/mol. The zero-order chi connectivity index (χ0) is 14.7. The summed E-state index contributed by atoms with van der Waals surface area (Å²) in [7, 11) is 0.